The second-order valence-corrected chi connectivity index (χ2v) is 16.7. The summed E-state index contributed by atoms with van der Waals surface area (Å²) in [7, 11) is 1.61. The fraction of sp³-hybridized carbons (Fsp3) is 0.760. The van der Waals surface area contributed by atoms with Gasteiger partial charge in [-0.05, 0) is 88.9 Å². The molecule has 0 aliphatic rings. The van der Waals surface area contributed by atoms with Crippen LogP contribution in [0.15, 0.2) is 48.6 Å². The molecule has 340 valence electrons. The van der Waals surface area contributed by atoms with Gasteiger partial charge in [0.05, 0.1) is 6.61 Å². The maximum atomic E-state index is 12.7. The highest BCUT2D eigenvalue weighted by atomic mass is 16.6. The van der Waals surface area contributed by atoms with Gasteiger partial charge in [0.2, 0.25) is 5.91 Å². The van der Waals surface area contributed by atoms with Crippen molar-refractivity contribution in [3.05, 3.63) is 48.6 Å². The molecule has 0 aromatic heterocycles. The molecule has 0 aromatic carbocycles. The summed E-state index contributed by atoms with van der Waals surface area (Å²) in [4.78, 5) is 50.1. The van der Waals surface area contributed by atoms with Crippen LogP contribution in [-0.4, -0.2) is 63.4 Å². The molecular formula is C50H87NO8. The molecule has 1 unspecified atom stereocenters. The van der Waals surface area contributed by atoms with E-state index in [1.165, 1.54) is 51.4 Å². The first kappa shape index (κ1) is 55.8. The Labute approximate surface area is 361 Å². The van der Waals surface area contributed by atoms with Crippen molar-refractivity contribution < 1.29 is 38.1 Å². The Bertz CT molecular complexity index is 1160. The third-order valence-corrected chi connectivity index (χ3v) is 9.88. The van der Waals surface area contributed by atoms with E-state index in [1.807, 2.05) is 13.8 Å². The Balaban J connectivity index is 4.54. The highest BCUT2D eigenvalue weighted by Gasteiger charge is 2.22. The Morgan fingerprint density at radius 1 is 0.525 bits per heavy atom. The highest BCUT2D eigenvalue weighted by molar-refractivity contribution is 5.76. The van der Waals surface area contributed by atoms with Crippen molar-refractivity contribution in [3.63, 3.8) is 0 Å². The van der Waals surface area contributed by atoms with Crippen LogP contribution in [0, 0.1) is 5.41 Å². The normalized spacial score (nSPS) is 12.6. The lowest BCUT2D eigenvalue weighted by molar-refractivity contribution is -0.167. The van der Waals surface area contributed by atoms with Gasteiger partial charge in [0, 0.05) is 39.3 Å². The van der Waals surface area contributed by atoms with Gasteiger partial charge in [-0.15, -0.1) is 0 Å². The number of nitrogens with one attached hydrogen (secondary N) is 1. The van der Waals surface area contributed by atoms with Crippen molar-refractivity contribution >= 4 is 23.8 Å². The summed E-state index contributed by atoms with van der Waals surface area (Å²) < 4.78 is 21.7. The fourth-order valence-electron chi connectivity index (χ4n) is 6.44. The average Bonchev–Trinajstić information content (AvgIpc) is 3.20. The Hall–Kier alpha value is -3.20. The number of methoxy groups -OCH3 is 1. The molecule has 1 atom stereocenters. The molecule has 0 spiro atoms. The first-order chi connectivity index (χ1) is 28.6. The first-order valence-electron chi connectivity index (χ1n) is 23.5. The molecule has 0 aliphatic carbocycles. The van der Waals surface area contributed by atoms with E-state index in [1.54, 1.807) is 7.11 Å². The SMILES string of the molecule is CCCCC/C=C\C/C=C\CCCCCCCC(=O)OCC(COC(=O)CCCNC(=O)CC(C)(C)COC)OC(=O)CCCCCCC/C=C\C/C=C\CCCCC. The number of allylic oxidation sites excluding steroid dienone is 8. The van der Waals surface area contributed by atoms with E-state index in [-0.39, 0.29) is 49.3 Å². The molecule has 1 N–H and O–H groups in total. The zero-order valence-electron chi connectivity index (χ0n) is 38.4. The molecule has 0 radical (unpaired) electrons. The van der Waals surface area contributed by atoms with Gasteiger partial charge in [-0.2, -0.15) is 0 Å². The zero-order chi connectivity index (χ0) is 43.5. The molecule has 0 rings (SSSR count). The highest BCUT2D eigenvalue weighted by Crippen LogP contribution is 2.20. The number of unbranched alkanes of at least 4 members (excludes halogenated alkanes) is 16. The summed E-state index contributed by atoms with van der Waals surface area (Å²) >= 11 is 0. The van der Waals surface area contributed by atoms with Gasteiger partial charge < -0.3 is 24.3 Å². The topological polar surface area (TPSA) is 117 Å². The van der Waals surface area contributed by atoms with E-state index < -0.39 is 12.1 Å². The molecule has 0 fully saturated rings. The zero-order valence-corrected chi connectivity index (χ0v) is 38.4. The number of esters is 3. The van der Waals surface area contributed by atoms with Gasteiger partial charge in [0.25, 0.3) is 0 Å². The van der Waals surface area contributed by atoms with E-state index in [9.17, 15) is 19.2 Å². The summed E-state index contributed by atoms with van der Waals surface area (Å²) in [5, 5.41) is 2.84. The average molecular weight is 830 g/mol. The van der Waals surface area contributed by atoms with Crippen LogP contribution in [-0.2, 0) is 38.1 Å². The van der Waals surface area contributed by atoms with Crippen molar-refractivity contribution in [3.8, 4) is 0 Å². The lowest BCUT2D eigenvalue weighted by atomic mass is 9.90. The molecular weight excluding hydrogens is 743 g/mol. The smallest absolute Gasteiger partial charge is 0.306 e. The number of carbonyl (C=O) groups excluding carboxylic acids is 4. The molecule has 0 aromatic rings. The molecule has 59 heavy (non-hydrogen) atoms. The third-order valence-electron chi connectivity index (χ3n) is 9.88. The quantitative estimate of drug-likeness (QED) is 0.0280. The van der Waals surface area contributed by atoms with E-state index in [2.05, 4.69) is 67.8 Å². The van der Waals surface area contributed by atoms with Crippen LogP contribution in [0.3, 0.4) is 0 Å². The summed E-state index contributed by atoms with van der Waals surface area (Å²) in [5.74, 6) is -1.30. The van der Waals surface area contributed by atoms with Crippen molar-refractivity contribution in [2.24, 2.45) is 5.41 Å². The van der Waals surface area contributed by atoms with Crippen LogP contribution in [0.1, 0.15) is 201 Å². The molecule has 9 heteroatoms. The van der Waals surface area contributed by atoms with Crippen LogP contribution >= 0.6 is 0 Å². The number of rotatable bonds is 41. The minimum Gasteiger partial charge on any atom is -0.462 e. The minimum atomic E-state index is -0.874. The Morgan fingerprint density at radius 3 is 1.39 bits per heavy atom. The molecule has 0 saturated carbocycles. The van der Waals surface area contributed by atoms with Gasteiger partial charge in [-0.3, -0.25) is 19.2 Å². The van der Waals surface area contributed by atoms with Crippen molar-refractivity contribution in [1.29, 1.82) is 0 Å². The lowest BCUT2D eigenvalue weighted by Gasteiger charge is -2.22. The molecule has 0 aliphatic heterocycles. The van der Waals surface area contributed by atoms with Crippen LogP contribution in [0.5, 0.6) is 0 Å². The molecule has 9 nitrogen and oxygen atoms in total. The van der Waals surface area contributed by atoms with E-state index >= 15 is 0 Å². The maximum Gasteiger partial charge on any atom is 0.306 e. The number of amides is 1. The lowest BCUT2D eigenvalue weighted by Crippen LogP contribution is -2.32. The van der Waals surface area contributed by atoms with Crippen molar-refractivity contribution in [2.75, 3.05) is 33.5 Å². The van der Waals surface area contributed by atoms with Crippen molar-refractivity contribution in [2.45, 2.75) is 207 Å². The summed E-state index contributed by atoms with van der Waals surface area (Å²) in [5.41, 5.74) is -0.279. The molecule has 0 heterocycles. The molecule has 0 saturated heterocycles. The number of ether oxygens (including phenoxy) is 4. The second kappa shape index (κ2) is 41.5. The van der Waals surface area contributed by atoms with Gasteiger partial charge in [0.15, 0.2) is 6.10 Å². The van der Waals surface area contributed by atoms with Crippen LogP contribution in [0.4, 0.5) is 0 Å². The first-order valence-corrected chi connectivity index (χ1v) is 23.5. The molecule has 0 bridgehead atoms. The summed E-state index contributed by atoms with van der Waals surface area (Å²) in [6.45, 7) is 8.84. The van der Waals surface area contributed by atoms with E-state index in [4.69, 9.17) is 18.9 Å². The Morgan fingerprint density at radius 2 is 0.932 bits per heavy atom. The minimum absolute atomic E-state index is 0.0982. The third kappa shape index (κ3) is 41.3. The molecule has 1 amide bonds. The largest absolute Gasteiger partial charge is 0.462 e. The summed E-state index contributed by atoms with van der Waals surface area (Å²) in [6, 6.07) is 0. The predicted molar refractivity (Wildman–Crippen MR) is 243 cm³/mol. The van der Waals surface area contributed by atoms with Crippen LogP contribution < -0.4 is 5.32 Å². The van der Waals surface area contributed by atoms with Gasteiger partial charge >= 0.3 is 17.9 Å². The van der Waals surface area contributed by atoms with Gasteiger partial charge in [-0.25, -0.2) is 0 Å². The van der Waals surface area contributed by atoms with Gasteiger partial charge in [-0.1, -0.05) is 141 Å². The van der Waals surface area contributed by atoms with Crippen LogP contribution in [0.25, 0.3) is 0 Å². The van der Waals surface area contributed by atoms with Crippen LogP contribution in [0.2, 0.25) is 0 Å². The van der Waals surface area contributed by atoms with E-state index in [0.717, 1.165) is 83.5 Å². The number of hydrogen-bond acceptors (Lipinski definition) is 8. The maximum absolute atomic E-state index is 12.7. The second-order valence-electron chi connectivity index (χ2n) is 16.7. The monoisotopic (exact) mass is 830 g/mol. The van der Waals surface area contributed by atoms with E-state index in [0.29, 0.717) is 38.8 Å². The Kier molecular flexibility index (Phi) is 39.3. The van der Waals surface area contributed by atoms with Gasteiger partial charge in [0.1, 0.15) is 13.2 Å². The fourth-order valence-corrected chi connectivity index (χ4v) is 6.44. The predicted octanol–water partition coefficient (Wildman–Crippen LogP) is 12.6. The van der Waals surface area contributed by atoms with Crippen molar-refractivity contribution in [1.82, 2.24) is 5.32 Å². The summed E-state index contributed by atoms with van der Waals surface area (Å²) in [6.07, 6.45) is 42.7. The standard InChI is InChI=1S/C50H87NO8/c1-6-8-10-12-14-16-18-20-22-24-26-28-30-32-34-37-47(53)57-42-45(43-58-48(54)39-36-40-51-46(52)41-50(3,4)44-56-5)59-49(55)38-35-33-31-29-27-25-23-21-19-17-15-13-11-9-7-2/h14-17,20-23,45H,6-13,18-19,24-44H2,1-5H3,(H,51,52)/b16-14-,17-15-,22-20-,23-21-. The number of carbonyl (C=O) groups is 4. The number of hydrogen-bond donors (Lipinski definition) is 1.